The van der Waals surface area contributed by atoms with Crippen molar-refractivity contribution < 1.29 is 9.59 Å². The SMILES string of the molecule is O=C(Cc1ccc(N2CCCC2=O)cc1)NCc1ccc(CN2CCCC2)cc1. The Kier molecular flexibility index (Phi) is 6.25. The molecule has 0 radical (unpaired) electrons. The van der Waals surface area contributed by atoms with E-state index in [4.69, 9.17) is 0 Å². The number of amides is 2. The number of nitrogens with one attached hydrogen (secondary N) is 1. The summed E-state index contributed by atoms with van der Waals surface area (Å²) in [4.78, 5) is 28.4. The number of likely N-dealkylation sites (tertiary alicyclic amines) is 1. The quantitative estimate of drug-likeness (QED) is 0.788. The van der Waals surface area contributed by atoms with Gasteiger partial charge in [-0.15, -0.1) is 0 Å². The summed E-state index contributed by atoms with van der Waals surface area (Å²) in [5, 5.41) is 3.00. The molecule has 29 heavy (non-hydrogen) atoms. The number of hydrogen-bond acceptors (Lipinski definition) is 3. The lowest BCUT2D eigenvalue weighted by molar-refractivity contribution is -0.120. The smallest absolute Gasteiger partial charge is 0.227 e. The van der Waals surface area contributed by atoms with Gasteiger partial charge in [-0.25, -0.2) is 0 Å². The van der Waals surface area contributed by atoms with Gasteiger partial charge < -0.3 is 10.2 Å². The van der Waals surface area contributed by atoms with Gasteiger partial charge in [0.25, 0.3) is 0 Å². The average molecular weight is 392 g/mol. The summed E-state index contributed by atoms with van der Waals surface area (Å²) in [6.07, 6.45) is 4.51. The van der Waals surface area contributed by atoms with Crippen molar-refractivity contribution in [1.29, 1.82) is 0 Å². The van der Waals surface area contributed by atoms with Crippen molar-refractivity contribution in [2.24, 2.45) is 0 Å². The average Bonchev–Trinajstić information content (AvgIpc) is 3.40. The molecule has 2 fully saturated rings. The highest BCUT2D eigenvalue weighted by Gasteiger charge is 2.21. The molecule has 0 saturated carbocycles. The lowest BCUT2D eigenvalue weighted by Gasteiger charge is -2.16. The van der Waals surface area contributed by atoms with Crippen molar-refractivity contribution in [3.8, 4) is 0 Å². The second-order valence-electron chi connectivity index (χ2n) is 8.07. The highest BCUT2D eigenvalue weighted by atomic mass is 16.2. The number of benzene rings is 2. The van der Waals surface area contributed by atoms with Crippen molar-refractivity contribution >= 4 is 17.5 Å². The van der Waals surface area contributed by atoms with Crippen LogP contribution in [-0.2, 0) is 29.1 Å². The fraction of sp³-hybridized carbons (Fsp3) is 0.417. The normalized spacial score (nSPS) is 17.1. The molecule has 0 aliphatic carbocycles. The molecular weight excluding hydrogens is 362 g/mol. The molecular formula is C24H29N3O2. The van der Waals surface area contributed by atoms with Crippen molar-refractivity contribution in [3.63, 3.8) is 0 Å². The first-order chi connectivity index (χ1) is 14.2. The predicted molar refractivity (Wildman–Crippen MR) is 115 cm³/mol. The summed E-state index contributed by atoms with van der Waals surface area (Å²) in [7, 11) is 0. The van der Waals surface area contributed by atoms with Crippen LogP contribution in [0.5, 0.6) is 0 Å². The first-order valence-corrected chi connectivity index (χ1v) is 10.6. The molecule has 2 aliphatic rings. The van der Waals surface area contributed by atoms with Gasteiger partial charge >= 0.3 is 0 Å². The third-order valence-corrected chi connectivity index (χ3v) is 5.80. The van der Waals surface area contributed by atoms with E-state index < -0.39 is 0 Å². The van der Waals surface area contributed by atoms with Gasteiger partial charge in [0, 0.05) is 31.7 Å². The van der Waals surface area contributed by atoms with E-state index in [2.05, 4.69) is 34.5 Å². The molecule has 2 aromatic carbocycles. The predicted octanol–water partition coefficient (Wildman–Crippen LogP) is 3.27. The molecule has 1 N–H and O–H groups in total. The molecule has 2 aromatic rings. The molecule has 2 amide bonds. The van der Waals surface area contributed by atoms with Gasteiger partial charge in [0.15, 0.2) is 0 Å². The highest BCUT2D eigenvalue weighted by Crippen LogP contribution is 2.21. The van der Waals surface area contributed by atoms with Crippen LogP contribution in [0.2, 0.25) is 0 Å². The van der Waals surface area contributed by atoms with E-state index in [9.17, 15) is 9.59 Å². The number of nitrogens with zero attached hydrogens (tertiary/aromatic N) is 2. The third kappa shape index (κ3) is 5.24. The van der Waals surface area contributed by atoms with Gasteiger partial charge in [-0.3, -0.25) is 14.5 Å². The van der Waals surface area contributed by atoms with E-state index in [1.807, 2.05) is 29.2 Å². The Balaban J connectivity index is 1.23. The van der Waals surface area contributed by atoms with Crippen LogP contribution < -0.4 is 10.2 Å². The monoisotopic (exact) mass is 391 g/mol. The van der Waals surface area contributed by atoms with Crippen LogP contribution in [0.15, 0.2) is 48.5 Å². The molecule has 0 atom stereocenters. The molecule has 2 heterocycles. The minimum atomic E-state index is 0.0103. The zero-order valence-corrected chi connectivity index (χ0v) is 16.9. The van der Waals surface area contributed by atoms with E-state index in [0.29, 0.717) is 19.4 Å². The summed E-state index contributed by atoms with van der Waals surface area (Å²) in [6, 6.07) is 16.3. The van der Waals surface area contributed by atoms with Gasteiger partial charge in [-0.1, -0.05) is 36.4 Å². The van der Waals surface area contributed by atoms with Gasteiger partial charge in [0.05, 0.1) is 6.42 Å². The minimum Gasteiger partial charge on any atom is -0.352 e. The fourth-order valence-corrected chi connectivity index (χ4v) is 4.12. The fourth-order valence-electron chi connectivity index (χ4n) is 4.12. The van der Waals surface area contributed by atoms with Crippen molar-refractivity contribution in [2.45, 2.75) is 45.2 Å². The zero-order valence-electron chi connectivity index (χ0n) is 16.9. The summed E-state index contributed by atoms with van der Waals surface area (Å²) in [5.41, 5.74) is 4.33. The molecule has 5 heteroatoms. The number of anilines is 1. The Morgan fingerprint density at radius 1 is 0.828 bits per heavy atom. The van der Waals surface area contributed by atoms with Gasteiger partial charge in [-0.2, -0.15) is 0 Å². The van der Waals surface area contributed by atoms with E-state index in [-0.39, 0.29) is 11.8 Å². The summed E-state index contributed by atoms with van der Waals surface area (Å²) >= 11 is 0. The first kappa shape index (κ1) is 19.6. The molecule has 0 spiro atoms. The Bertz CT molecular complexity index is 839. The Labute approximate surface area is 172 Å². The maximum Gasteiger partial charge on any atom is 0.227 e. The topological polar surface area (TPSA) is 52.7 Å². The molecule has 4 rings (SSSR count). The molecule has 2 saturated heterocycles. The van der Waals surface area contributed by atoms with Gasteiger partial charge in [-0.05, 0) is 61.2 Å². The number of rotatable bonds is 7. The summed E-state index contributed by atoms with van der Waals surface area (Å²) < 4.78 is 0. The Hall–Kier alpha value is -2.66. The Morgan fingerprint density at radius 3 is 2.14 bits per heavy atom. The van der Waals surface area contributed by atoms with Crippen LogP contribution in [0.4, 0.5) is 5.69 Å². The van der Waals surface area contributed by atoms with Crippen LogP contribution in [0.25, 0.3) is 0 Å². The number of hydrogen-bond donors (Lipinski definition) is 1. The second kappa shape index (κ2) is 9.23. The molecule has 0 unspecified atom stereocenters. The van der Waals surface area contributed by atoms with E-state index in [1.54, 1.807) is 0 Å². The van der Waals surface area contributed by atoms with Crippen LogP contribution in [-0.4, -0.2) is 36.3 Å². The van der Waals surface area contributed by atoms with Gasteiger partial charge in [0.1, 0.15) is 0 Å². The molecule has 5 nitrogen and oxygen atoms in total. The third-order valence-electron chi connectivity index (χ3n) is 5.80. The van der Waals surface area contributed by atoms with Crippen LogP contribution in [0.3, 0.4) is 0 Å². The molecule has 0 aromatic heterocycles. The van der Waals surface area contributed by atoms with Crippen LogP contribution in [0, 0.1) is 0 Å². The molecule has 0 bridgehead atoms. The minimum absolute atomic E-state index is 0.0103. The van der Waals surface area contributed by atoms with E-state index in [1.165, 1.54) is 31.5 Å². The maximum atomic E-state index is 12.3. The van der Waals surface area contributed by atoms with Gasteiger partial charge in [0.2, 0.25) is 11.8 Å². The number of carbonyl (C=O) groups is 2. The van der Waals surface area contributed by atoms with Crippen molar-refractivity contribution in [2.75, 3.05) is 24.5 Å². The van der Waals surface area contributed by atoms with Crippen molar-refractivity contribution in [3.05, 3.63) is 65.2 Å². The highest BCUT2D eigenvalue weighted by molar-refractivity contribution is 5.95. The van der Waals surface area contributed by atoms with Crippen molar-refractivity contribution in [1.82, 2.24) is 10.2 Å². The molecule has 2 aliphatic heterocycles. The largest absolute Gasteiger partial charge is 0.352 e. The van der Waals surface area contributed by atoms with Crippen LogP contribution >= 0.6 is 0 Å². The lowest BCUT2D eigenvalue weighted by Crippen LogP contribution is -2.25. The van der Waals surface area contributed by atoms with Crippen LogP contribution in [0.1, 0.15) is 42.4 Å². The van der Waals surface area contributed by atoms with E-state index >= 15 is 0 Å². The maximum absolute atomic E-state index is 12.3. The zero-order chi connectivity index (χ0) is 20.1. The van der Waals surface area contributed by atoms with E-state index in [0.717, 1.165) is 36.3 Å². The first-order valence-electron chi connectivity index (χ1n) is 10.6. The lowest BCUT2D eigenvalue weighted by atomic mass is 10.1. The summed E-state index contributed by atoms with van der Waals surface area (Å²) in [5.74, 6) is 0.193. The second-order valence-corrected chi connectivity index (χ2v) is 8.07. The number of carbonyl (C=O) groups excluding carboxylic acids is 2. The Morgan fingerprint density at radius 2 is 1.48 bits per heavy atom. The molecule has 152 valence electrons. The summed E-state index contributed by atoms with van der Waals surface area (Å²) in [6.45, 7) is 4.75. The standard InChI is InChI=1S/C24H29N3O2/c28-23(16-19-9-11-22(12-10-19)27-15-3-4-24(27)29)25-17-20-5-7-21(8-6-20)18-26-13-1-2-14-26/h5-12H,1-4,13-18H2,(H,25,28).